The first-order chi connectivity index (χ1) is 9.80. The van der Waals surface area contributed by atoms with Crippen LogP contribution in [0.1, 0.15) is 39.2 Å². The van der Waals surface area contributed by atoms with Crippen LogP contribution in [-0.2, 0) is 11.2 Å². The van der Waals surface area contributed by atoms with Gasteiger partial charge < -0.3 is 10.1 Å². The summed E-state index contributed by atoms with van der Waals surface area (Å²) >= 11 is 12.2. The van der Waals surface area contributed by atoms with E-state index < -0.39 is 0 Å². The summed E-state index contributed by atoms with van der Waals surface area (Å²) < 4.78 is 5.56. The van der Waals surface area contributed by atoms with Crippen LogP contribution in [0, 0.1) is 5.41 Å². The van der Waals surface area contributed by atoms with Gasteiger partial charge in [0, 0.05) is 25.3 Å². The second-order valence-electron chi connectivity index (χ2n) is 7.14. The molecule has 0 atom stereocenters. The molecular weight excluding hydrogens is 305 g/mol. The number of halogens is 2. The third-order valence-electron chi connectivity index (χ3n) is 4.11. The van der Waals surface area contributed by atoms with E-state index in [4.69, 9.17) is 27.9 Å². The number of ether oxygens (including phenoxy) is 1. The molecule has 1 saturated heterocycles. The molecule has 0 amide bonds. The maximum atomic E-state index is 6.15. The first kappa shape index (κ1) is 17.1. The number of hydrogen-bond acceptors (Lipinski definition) is 2. The first-order valence-electron chi connectivity index (χ1n) is 7.56. The summed E-state index contributed by atoms with van der Waals surface area (Å²) in [5.41, 5.74) is 1.62. The van der Waals surface area contributed by atoms with Gasteiger partial charge in [-0.25, -0.2) is 0 Å². The van der Waals surface area contributed by atoms with Crippen LogP contribution in [0.5, 0.6) is 0 Å². The van der Waals surface area contributed by atoms with Gasteiger partial charge in [-0.3, -0.25) is 0 Å². The molecule has 2 nitrogen and oxygen atoms in total. The van der Waals surface area contributed by atoms with Crippen LogP contribution < -0.4 is 5.32 Å². The Balaban J connectivity index is 2.13. The normalized spacial score (nSPS) is 18.7. The molecule has 1 heterocycles. The fraction of sp³-hybridized carbons (Fsp3) is 0.647. The van der Waals surface area contributed by atoms with E-state index in [1.165, 1.54) is 5.56 Å². The van der Waals surface area contributed by atoms with Crippen molar-refractivity contribution in [2.75, 3.05) is 19.8 Å². The Morgan fingerprint density at radius 3 is 2.38 bits per heavy atom. The zero-order valence-electron chi connectivity index (χ0n) is 13.1. The van der Waals surface area contributed by atoms with E-state index in [-0.39, 0.29) is 11.0 Å². The molecule has 1 fully saturated rings. The molecule has 1 aromatic rings. The largest absolute Gasteiger partial charge is 0.381 e. The Bertz CT molecular complexity index is 476. The maximum absolute atomic E-state index is 6.15. The smallest absolute Gasteiger partial charge is 0.0595 e. The van der Waals surface area contributed by atoms with E-state index in [0.29, 0.717) is 10.0 Å². The van der Waals surface area contributed by atoms with E-state index in [9.17, 15) is 0 Å². The SMILES string of the molecule is CC(C)(C)NCC1(Cc2ccc(Cl)c(Cl)c2)CCOCC1. The molecule has 0 saturated carbocycles. The van der Waals surface area contributed by atoms with Crippen LogP contribution in [0.4, 0.5) is 0 Å². The topological polar surface area (TPSA) is 21.3 Å². The predicted octanol–water partition coefficient (Wildman–Crippen LogP) is 4.72. The van der Waals surface area contributed by atoms with Gasteiger partial charge in [0.1, 0.15) is 0 Å². The van der Waals surface area contributed by atoms with Crippen LogP contribution in [0.2, 0.25) is 10.0 Å². The second-order valence-corrected chi connectivity index (χ2v) is 7.96. The van der Waals surface area contributed by atoms with Crippen molar-refractivity contribution < 1.29 is 4.74 Å². The van der Waals surface area contributed by atoms with Crippen LogP contribution in [0.25, 0.3) is 0 Å². The van der Waals surface area contributed by atoms with E-state index in [2.05, 4.69) is 32.2 Å². The van der Waals surface area contributed by atoms with Crippen molar-refractivity contribution in [3.8, 4) is 0 Å². The van der Waals surface area contributed by atoms with Crippen molar-refractivity contribution in [1.82, 2.24) is 5.32 Å². The zero-order chi connectivity index (χ0) is 15.5. The summed E-state index contributed by atoms with van der Waals surface area (Å²) in [5.74, 6) is 0. The minimum absolute atomic E-state index is 0.128. The van der Waals surface area contributed by atoms with Gasteiger partial charge in [-0.1, -0.05) is 29.3 Å². The van der Waals surface area contributed by atoms with Gasteiger partial charge in [-0.2, -0.15) is 0 Å². The monoisotopic (exact) mass is 329 g/mol. The van der Waals surface area contributed by atoms with Crippen LogP contribution in [0.15, 0.2) is 18.2 Å². The standard InChI is InChI=1S/C17H25Cl2NO/c1-16(2,3)20-12-17(6-8-21-9-7-17)11-13-4-5-14(18)15(19)10-13/h4-5,10,20H,6-9,11-12H2,1-3H3. The predicted molar refractivity (Wildman–Crippen MR) is 90.4 cm³/mol. The van der Waals surface area contributed by atoms with Gasteiger partial charge in [-0.05, 0) is 63.1 Å². The molecule has 0 unspecified atom stereocenters. The molecule has 0 aliphatic carbocycles. The lowest BCUT2D eigenvalue weighted by Gasteiger charge is -2.40. The summed E-state index contributed by atoms with van der Waals surface area (Å²) in [6.07, 6.45) is 3.17. The molecule has 0 spiro atoms. The van der Waals surface area contributed by atoms with Gasteiger partial charge >= 0.3 is 0 Å². The Morgan fingerprint density at radius 1 is 1.14 bits per heavy atom. The molecule has 21 heavy (non-hydrogen) atoms. The minimum Gasteiger partial charge on any atom is -0.381 e. The van der Waals surface area contributed by atoms with Gasteiger partial charge in [0.2, 0.25) is 0 Å². The minimum atomic E-state index is 0.128. The molecule has 0 radical (unpaired) electrons. The van der Waals surface area contributed by atoms with Crippen molar-refractivity contribution >= 4 is 23.2 Å². The van der Waals surface area contributed by atoms with Gasteiger partial charge in [0.05, 0.1) is 10.0 Å². The third-order valence-corrected chi connectivity index (χ3v) is 4.85. The average molecular weight is 330 g/mol. The van der Waals surface area contributed by atoms with Crippen molar-refractivity contribution in [1.29, 1.82) is 0 Å². The quantitative estimate of drug-likeness (QED) is 0.862. The summed E-state index contributed by atoms with van der Waals surface area (Å²) in [7, 11) is 0. The Hall–Kier alpha value is -0.280. The second kappa shape index (κ2) is 6.87. The Morgan fingerprint density at radius 2 is 1.81 bits per heavy atom. The zero-order valence-corrected chi connectivity index (χ0v) is 14.7. The van der Waals surface area contributed by atoms with E-state index in [1.54, 1.807) is 0 Å². The molecule has 1 aromatic carbocycles. The summed E-state index contributed by atoms with van der Waals surface area (Å²) in [5, 5.41) is 4.92. The Kier molecular flexibility index (Phi) is 5.59. The van der Waals surface area contributed by atoms with Crippen molar-refractivity contribution in [2.24, 2.45) is 5.41 Å². The molecule has 0 aromatic heterocycles. The van der Waals surface area contributed by atoms with Crippen molar-refractivity contribution in [3.05, 3.63) is 33.8 Å². The lowest BCUT2D eigenvalue weighted by Crippen LogP contribution is -2.47. The molecule has 1 aliphatic rings. The number of benzene rings is 1. The molecule has 1 aliphatic heterocycles. The average Bonchev–Trinajstić information content (AvgIpc) is 2.41. The summed E-state index contributed by atoms with van der Waals surface area (Å²) in [4.78, 5) is 0. The van der Waals surface area contributed by atoms with Crippen molar-refractivity contribution in [2.45, 2.75) is 45.6 Å². The highest BCUT2D eigenvalue weighted by Crippen LogP contribution is 2.35. The van der Waals surface area contributed by atoms with Gasteiger partial charge in [-0.15, -0.1) is 0 Å². The van der Waals surface area contributed by atoms with E-state index in [0.717, 1.165) is 39.0 Å². The van der Waals surface area contributed by atoms with Crippen LogP contribution >= 0.6 is 23.2 Å². The van der Waals surface area contributed by atoms with Crippen LogP contribution in [-0.4, -0.2) is 25.3 Å². The van der Waals surface area contributed by atoms with Crippen molar-refractivity contribution in [3.63, 3.8) is 0 Å². The molecule has 4 heteroatoms. The molecule has 118 valence electrons. The first-order valence-corrected chi connectivity index (χ1v) is 8.32. The molecule has 0 bridgehead atoms. The van der Waals surface area contributed by atoms with Gasteiger partial charge in [0.15, 0.2) is 0 Å². The number of rotatable bonds is 4. The molecule has 1 N–H and O–H groups in total. The fourth-order valence-electron chi connectivity index (χ4n) is 2.76. The summed E-state index contributed by atoms with van der Waals surface area (Å²) in [6, 6.07) is 5.98. The van der Waals surface area contributed by atoms with E-state index in [1.807, 2.05) is 12.1 Å². The van der Waals surface area contributed by atoms with Gasteiger partial charge in [0.25, 0.3) is 0 Å². The Labute approximate surface area is 138 Å². The highest BCUT2D eigenvalue weighted by Gasteiger charge is 2.33. The van der Waals surface area contributed by atoms with E-state index >= 15 is 0 Å². The highest BCUT2D eigenvalue weighted by atomic mass is 35.5. The fourth-order valence-corrected chi connectivity index (χ4v) is 3.08. The number of hydrogen-bond donors (Lipinski definition) is 1. The number of nitrogens with one attached hydrogen (secondary N) is 1. The molecule has 2 rings (SSSR count). The summed E-state index contributed by atoms with van der Waals surface area (Å²) in [6.45, 7) is 9.30. The van der Waals surface area contributed by atoms with Crippen LogP contribution in [0.3, 0.4) is 0 Å². The third kappa shape index (κ3) is 5.14. The highest BCUT2D eigenvalue weighted by molar-refractivity contribution is 6.42. The molecular formula is C17H25Cl2NO. The lowest BCUT2D eigenvalue weighted by atomic mass is 9.74. The lowest BCUT2D eigenvalue weighted by molar-refractivity contribution is 0.0121. The maximum Gasteiger partial charge on any atom is 0.0595 e.